The molecule has 0 aliphatic heterocycles. The first-order valence-corrected chi connectivity index (χ1v) is 24.1. The molecule has 0 radical (unpaired) electrons. The summed E-state index contributed by atoms with van der Waals surface area (Å²) in [6.07, 6.45) is 0. The predicted octanol–water partition coefficient (Wildman–Crippen LogP) is 17.8. The molecule has 0 saturated heterocycles. The maximum atomic E-state index is 6.45. The third-order valence-corrected chi connectivity index (χ3v) is 16.2. The fourth-order valence-corrected chi connectivity index (χ4v) is 13.2. The van der Waals surface area contributed by atoms with Crippen LogP contribution in [0.25, 0.3) is 75.5 Å². The Morgan fingerprint density at radius 1 is 0.388 bits per heavy atom. The van der Waals surface area contributed by atoms with Gasteiger partial charge in [-0.1, -0.05) is 190 Å². The van der Waals surface area contributed by atoms with E-state index in [1.807, 2.05) is 11.3 Å². The van der Waals surface area contributed by atoms with Crippen LogP contribution in [-0.2, 0) is 10.8 Å². The molecule has 0 N–H and O–H groups in total. The van der Waals surface area contributed by atoms with Crippen LogP contribution in [0.15, 0.2) is 229 Å². The number of furan rings is 1. The van der Waals surface area contributed by atoms with Gasteiger partial charge in [0.2, 0.25) is 0 Å². The minimum absolute atomic E-state index is 0.124. The van der Waals surface area contributed by atoms with Crippen LogP contribution in [0.2, 0.25) is 0 Å². The van der Waals surface area contributed by atoms with E-state index >= 15 is 0 Å². The van der Waals surface area contributed by atoms with E-state index in [1.54, 1.807) is 0 Å². The lowest BCUT2D eigenvalue weighted by Gasteiger charge is -2.35. The highest BCUT2D eigenvalue weighted by atomic mass is 32.1. The highest BCUT2D eigenvalue weighted by Gasteiger charge is 2.47. The zero-order valence-electron chi connectivity index (χ0n) is 37.1. The van der Waals surface area contributed by atoms with E-state index < -0.39 is 5.41 Å². The average Bonchev–Trinajstić information content (AvgIpc) is 4.10. The fourth-order valence-electron chi connectivity index (χ4n) is 12.0. The molecular formula is C64H43NOS. The topological polar surface area (TPSA) is 16.4 Å². The lowest BCUT2D eigenvalue weighted by atomic mass is 9.67. The molecule has 0 amide bonds. The van der Waals surface area contributed by atoms with Crippen LogP contribution in [0.4, 0.5) is 17.1 Å². The van der Waals surface area contributed by atoms with Crippen LogP contribution in [0.5, 0.6) is 0 Å². The van der Waals surface area contributed by atoms with Crippen LogP contribution in [0, 0.1) is 0 Å². The second-order valence-electron chi connectivity index (χ2n) is 18.7. The van der Waals surface area contributed by atoms with E-state index in [0.717, 1.165) is 39.0 Å². The van der Waals surface area contributed by atoms with Gasteiger partial charge in [-0.15, -0.1) is 11.3 Å². The summed E-state index contributed by atoms with van der Waals surface area (Å²) in [5.74, 6) is 0. The molecule has 14 rings (SSSR count). The van der Waals surface area contributed by atoms with Gasteiger partial charge >= 0.3 is 0 Å². The quantitative estimate of drug-likeness (QED) is 0.165. The molecule has 1 atom stereocenters. The lowest BCUT2D eigenvalue weighted by molar-refractivity contribution is 0.660. The molecular weight excluding hydrogens is 831 g/mol. The standard InChI is InChI=1S/C64H43NOS/c1-63(2)52-27-11-7-24-50(52)61-48(25-16-29-54(61)63)45-21-8-13-30-56(45)65(57-31-17-26-49-47-23-10-15-33-60(47)67-62(49)57)42-35-36-44-43-20-6-12-28-53(43)64(55(44)39-42,40-18-4-3-5-19-40)41-34-37-59-51(38-41)46-22-9-14-32-58(46)66-59/h3-39H,1-2H3. The molecule has 2 nitrogen and oxygen atoms in total. The van der Waals surface area contributed by atoms with Gasteiger partial charge in [-0.3, -0.25) is 0 Å². The first kappa shape index (κ1) is 38.3. The number of benzene rings is 10. The zero-order chi connectivity index (χ0) is 44.4. The van der Waals surface area contributed by atoms with E-state index in [9.17, 15) is 0 Å². The number of hydrogen-bond donors (Lipinski definition) is 0. The Kier molecular flexibility index (Phi) is 8.15. The van der Waals surface area contributed by atoms with Crippen molar-refractivity contribution in [1.82, 2.24) is 0 Å². The molecule has 3 heteroatoms. The summed E-state index contributed by atoms with van der Waals surface area (Å²) in [6, 6.07) is 83.5. The normalized spacial score (nSPS) is 15.5. The van der Waals surface area contributed by atoms with Crippen LogP contribution in [0.1, 0.15) is 47.2 Å². The van der Waals surface area contributed by atoms with Crippen molar-refractivity contribution in [3.05, 3.63) is 258 Å². The van der Waals surface area contributed by atoms with Gasteiger partial charge in [0.25, 0.3) is 0 Å². The van der Waals surface area contributed by atoms with Crippen molar-refractivity contribution in [3.8, 4) is 33.4 Å². The molecule has 0 fully saturated rings. The number of para-hydroxylation sites is 2. The Balaban J connectivity index is 1.08. The van der Waals surface area contributed by atoms with Crippen LogP contribution < -0.4 is 4.90 Å². The summed E-state index contributed by atoms with van der Waals surface area (Å²) < 4.78 is 9.00. The summed E-state index contributed by atoms with van der Waals surface area (Å²) >= 11 is 1.88. The molecule has 2 aliphatic rings. The Bertz CT molecular complexity index is 3980. The van der Waals surface area contributed by atoms with Crippen molar-refractivity contribution >= 4 is 70.5 Å². The van der Waals surface area contributed by atoms with Crippen molar-refractivity contribution < 1.29 is 4.42 Å². The molecule has 316 valence electrons. The highest BCUT2D eigenvalue weighted by molar-refractivity contribution is 7.26. The molecule has 1 unspecified atom stereocenters. The molecule has 0 saturated carbocycles. The van der Waals surface area contributed by atoms with Gasteiger partial charge in [-0.25, -0.2) is 0 Å². The first-order chi connectivity index (χ1) is 33.0. The van der Waals surface area contributed by atoms with Gasteiger partial charge in [0.15, 0.2) is 0 Å². The van der Waals surface area contributed by atoms with Crippen molar-refractivity contribution in [1.29, 1.82) is 0 Å². The molecule has 12 aromatic rings. The molecule has 2 aliphatic carbocycles. The maximum absolute atomic E-state index is 6.45. The second kappa shape index (κ2) is 14.3. The Hall–Kier alpha value is -7.98. The summed E-state index contributed by atoms with van der Waals surface area (Å²) in [5, 5.41) is 4.80. The largest absolute Gasteiger partial charge is 0.456 e. The van der Waals surface area contributed by atoms with Crippen molar-refractivity contribution in [2.24, 2.45) is 0 Å². The predicted molar refractivity (Wildman–Crippen MR) is 282 cm³/mol. The highest BCUT2D eigenvalue weighted by Crippen LogP contribution is 2.59. The van der Waals surface area contributed by atoms with Crippen LogP contribution in [0.3, 0.4) is 0 Å². The molecule has 67 heavy (non-hydrogen) atoms. The third kappa shape index (κ3) is 5.32. The molecule has 2 heterocycles. The van der Waals surface area contributed by atoms with Crippen LogP contribution >= 0.6 is 11.3 Å². The average molecular weight is 874 g/mol. The molecule has 0 spiro atoms. The van der Waals surface area contributed by atoms with Gasteiger partial charge in [0, 0.05) is 42.9 Å². The van der Waals surface area contributed by atoms with Gasteiger partial charge in [-0.05, 0) is 110 Å². The zero-order valence-corrected chi connectivity index (χ0v) is 37.9. The molecule has 10 aromatic carbocycles. The fraction of sp³-hybridized carbons (Fsp3) is 0.0625. The van der Waals surface area contributed by atoms with Gasteiger partial charge < -0.3 is 9.32 Å². The minimum Gasteiger partial charge on any atom is -0.456 e. The van der Waals surface area contributed by atoms with Gasteiger partial charge in [-0.2, -0.15) is 0 Å². The summed E-state index contributed by atoms with van der Waals surface area (Å²) in [5.41, 5.74) is 19.7. The van der Waals surface area contributed by atoms with E-state index in [1.165, 1.54) is 86.9 Å². The summed E-state index contributed by atoms with van der Waals surface area (Å²) in [6.45, 7) is 4.74. The lowest BCUT2D eigenvalue weighted by Crippen LogP contribution is -2.28. The number of hydrogen-bond acceptors (Lipinski definition) is 3. The number of nitrogens with zero attached hydrogens (tertiary/aromatic N) is 1. The van der Waals surface area contributed by atoms with Crippen molar-refractivity contribution in [2.45, 2.75) is 24.7 Å². The number of rotatable bonds is 6. The van der Waals surface area contributed by atoms with E-state index in [0.29, 0.717) is 0 Å². The molecule has 2 aromatic heterocycles. The number of thiophene rings is 1. The van der Waals surface area contributed by atoms with Gasteiger partial charge in [0.1, 0.15) is 11.2 Å². The Morgan fingerprint density at radius 3 is 1.90 bits per heavy atom. The number of anilines is 3. The van der Waals surface area contributed by atoms with E-state index in [-0.39, 0.29) is 5.41 Å². The number of fused-ring (bicyclic) bond motifs is 12. The maximum Gasteiger partial charge on any atom is 0.135 e. The van der Waals surface area contributed by atoms with Gasteiger partial charge in [0.05, 0.1) is 21.5 Å². The third-order valence-electron chi connectivity index (χ3n) is 15.0. The summed E-state index contributed by atoms with van der Waals surface area (Å²) in [7, 11) is 0. The van der Waals surface area contributed by atoms with E-state index in [4.69, 9.17) is 4.42 Å². The Labute approximate surface area is 393 Å². The second-order valence-corrected chi connectivity index (χ2v) is 19.8. The summed E-state index contributed by atoms with van der Waals surface area (Å²) in [4.78, 5) is 2.56. The monoisotopic (exact) mass is 873 g/mol. The van der Waals surface area contributed by atoms with Crippen molar-refractivity contribution in [3.63, 3.8) is 0 Å². The Morgan fingerprint density at radius 2 is 1.01 bits per heavy atom. The van der Waals surface area contributed by atoms with E-state index in [2.05, 4.69) is 243 Å². The molecule has 0 bridgehead atoms. The first-order valence-electron chi connectivity index (χ1n) is 23.2. The SMILES string of the molecule is CC1(C)c2ccccc2-c2c(-c3ccccc3N(c3ccc4c(c3)C(c3ccccc3)(c3ccc5oc6ccccc6c5c3)c3ccccc3-4)c3cccc4c3sc3ccccc34)cccc21. The smallest absolute Gasteiger partial charge is 0.135 e. The van der Waals surface area contributed by atoms with Crippen LogP contribution in [-0.4, -0.2) is 0 Å². The minimum atomic E-state index is -0.639. The van der Waals surface area contributed by atoms with Crippen molar-refractivity contribution in [2.75, 3.05) is 4.90 Å².